The van der Waals surface area contributed by atoms with Gasteiger partial charge in [-0.05, 0) is 19.8 Å². The molecule has 0 heterocycles. The molecule has 0 amide bonds. The van der Waals surface area contributed by atoms with Gasteiger partial charge in [-0.15, -0.1) is 0 Å². The lowest BCUT2D eigenvalue weighted by Gasteiger charge is -2.08. The summed E-state index contributed by atoms with van der Waals surface area (Å²) >= 11 is 0. The fourth-order valence-electron chi connectivity index (χ4n) is 0.768. The van der Waals surface area contributed by atoms with Crippen molar-refractivity contribution in [3.63, 3.8) is 0 Å². The maximum atomic E-state index is 10.9. The molecular weight excluding hydrogens is 156 g/mol. The zero-order valence-corrected chi connectivity index (χ0v) is 7.25. The lowest BCUT2D eigenvalue weighted by atomic mass is 10.1. The summed E-state index contributed by atoms with van der Waals surface area (Å²) in [5.41, 5.74) is 5.46. The normalized spacial score (nSPS) is 11.8. The van der Waals surface area contributed by atoms with Crippen LogP contribution in [0.15, 0.2) is 0 Å². The van der Waals surface area contributed by atoms with Gasteiger partial charge in [-0.2, -0.15) is 5.26 Å². The molecule has 1 unspecified atom stereocenters. The van der Waals surface area contributed by atoms with Crippen LogP contribution in [-0.2, 0) is 9.53 Å². The molecule has 4 nitrogen and oxygen atoms in total. The highest BCUT2D eigenvalue weighted by Gasteiger charge is 2.12. The van der Waals surface area contributed by atoms with E-state index in [1.54, 1.807) is 6.92 Å². The van der Waals surface area contributed by atoms with Crippen LogP contribution in [0.25, 0.3) is 0 Å². The van der Waals surface area contributed by atoms with Gasteiger partial charge in [-0.25, -0.2) is 0 Å². The number of unbranched alkanes of at least 4 members (excludes halogenated alkanes) is 1. The van der Waals surface area contributed by atoms with Crippen molar-refractivity contribution >= 4 is 5.97 Å². The van der Waals surface area contributed by atoms with Crippen LogP contribution in [0.1, 0.15) is 26.2 Å². The van der Waals surface area contributed by atoms with Crippen LogP contribution < -0.4 is 5.73 Å². The molecule has 0 rings (SSSR count). The van der Waals surface area contributed by atoms with Crippen LogP contribution in [0.2, 0.25) is 0 Å². The van der Waals surface area contributed by atoms with Crippen LogP contribution in [0, 0.1) is 11.3 Å². The van der Waals surface area contributed by atoms with E-state index in [9.17, 15) is 4.79 Å². The number of nitriles is 1. The third-order valence-electron chi connectivity index (χ3n) is 1.39. The van der Waals surface area contributed by atoms with Crippen molar-refractivity contribution in [2.75, 3.05) is 6.61 Å². The predicted octanol–water partition coefficient (Wildman–Crippen LogP) is 0.571. The summed E-state index contributed by atoms with van der Waals surface area (Å²) in [6.07, 6.45) is 1.61. The molecule has 0 aromatic rings. The minimum absolute atomic E-state index is 0.352. The molecule has 0 bridgehead atoms. The zero-order valence-electron chi connectivity index (χ0n) is 7.25. The number of ether oxygens (including phenoxy) is 1. The Morgan fingerprint density at radius 3 is 2.92 bits per heavy atom. The van der Waals surface area contributed by atoms with Crippen molar-refractivity contribution < 1.29 is 9.53 Å². The second-order valence-electron chi connectivity index (χ2n) is 2.41. The van der Waals surface area contributed by atoms with Crippen molar-refractivity contribution in [3.05, 3.63) is 0 Å². The monoisotopic (exact) mass is 170 g/mol. The van der Waals surface area contributed by atoms with Gasteiger partial charge in [0.25, 0.3) is 0 Å². The first-order valence-corrected chi connectivity index (χ1v) is 4.01. The molecule has 0 spiro atoms. The molecular formula is C8H14N2O2. The molecule has 4 heteroatoms. The molecule has 0 aliphatic carbocycles. The van der Waals surface area contributed by atoms with Crippen molar-refractivity contribution in [1.29, 1.82) is 5.26 Å². The van der Waals surface area contributed by atoms with E-state index in [0.29, 0.717) is 25.9 Å². The van der Waals surface area contributed by atoms with Gasteiger partial charge in [0, 0.05) is 6.42 Å². The van der Waals surface area contributed by atoms with Gasteiger partial charge in [0.15, 0.2) is 0 Å². The fraction of sp³-hybridized carbons (Fsp3) is 0.750. The third kappa shape index (κ3) is 4.69. The summed E-state index contributed by atoms with van der Waals surface area (Å²) in [6, 6.07) is 1.42. The third-order valence-corrected chi connectivity index (χ3v) is 1.39. The second kappa shape index (κ2) is 6.62. The first kappa shape index (κ1) is 10.9. The van der Waals surface area contributed by atoms with Gasteiger partial charge in [0.2, 0.25) is 0 Å². The topological polar surface area (TPSA) is 76.1 Å². The second-order valence-corrected chi connectivity index (χ2v) is 2.41. The van der Waals surface area contributed by atoms with E-state index in [0.717, 1.165) is 0 Å². The smallest absolute Gasteiger partial charge is 0.322 e. The van der Waals surface area contributed by atoms with Gasteiger partial charge >= 0.3 is 5.97 Å². The number of rotatable bonds is 5. The van der Waals surface area contributed by atoms with Crippen molar-refractivity contribution in [2.24, 2.45) is 5.73 Å². The molecule has 1 atom stereocenters. The van der Waals surface area contributed by atoms with E-state index >= 15 is 0 Å². The molecule has 0 aliphatic heterocycles. The van der Waals surface area contributed by atoms with Gasteiger partial charge < -0.3 is 10.5 Å². The molecule has 0 fully saturated rings. The van der Waals surface area contributed by atoms with Crippen molar-refractivity contribution in [1.82, 2.24) is 0 Å². The van der Waals surface area contributed by atoms with Crippen LogP contribution in [0.5, 0.6) is 0 Å². The fourth-order valence-corrected chi connectivity index (χ4v) is 0.768. The van der Waals surface area contributed by atoms with Crippen LogP contribution in [0.3, 0.4) is 0 Å². The first-order chi connectivity index (χ1) is 5.72. The van der Waals surface area contributed by atoms with Gasteiger partial charge in [0.05, 0.1) is 12.7 Å². The molecule has 0 aromatic heterocycles. The van der Waals surface area contributed by atoms with E-state index in [1.807, 2.05) is 6.07 Å². The van der Waals surface area contributed by atoms with Gasteiger partial charge in [-0.3, -0.25) is 4.79 Å². The standard InChI is InChI=1S/C8H14N2O2/c1-2-12-8(11)7(10)5-3-4-6-9/h7H,2-5,10H2,1H3. The van der Waals surface area contributed by atoms with Crippen molar-refractivity contribution in [3.8, 4) is 6.07 Å². The quantitative estimate of drug-likeness (QED) is 0.483. The minimum atomic E-state index is -0.571. The molecule has 0 saturated carbocycles. The van der Waals surface area contributed by atoms with Gasteiger partial charge in [-0.1, -0.05) is 0 Å². The molecule has 0 aromatic carbocycles. The molecule has 68 valence electrons. The highest BCUT2D eigenvalue weighted by atomic mass is 16.5. The number of hydrogen-bond donors (Lipinski definition) is 1. The molecule has 0 aliphatic rings. The Bertz CT molecular complexity index is 174. The average molecular weight is 170 g/mol. The number of carbonyl (C=O) groups excluding carboxylic acids is 1. The van der Waals surface area contributed by atoms with Crippen molar-refractivity contribution in [2.45, 2.75) is 32.2 Å². The Balaban J connectivity index is 3.51. The number of hydrogen-bond acceptors (Lipinski definition) is 4. The van der Waals surface area contributed by atoms with E-state index < -0.39 is 6.04 Å². The maximum absolute atomic E-state index is 10.9. The summed E-state index contributed by atoms with van der Waals surface area (Å²) in [5, 5.41) is 8.21. The minimum Gasteiger partial charge on any atom is -0.465 e. The SMILES string of the molecule is CCOC(=O)C(N)CCCC#N. The summed E-state index contributed by atoms with van der Waals surface area (Å²) in [4.78, 5) is 10.9. The molecule has 0 saturated heterocycles. The maximum Gasteiger partial charge on any atom is 0.322 e. The summed E-state index contributed by atoms with van der Waals surface area (Å²) in [6.45, 7) is 2.09. The number of nitrogens with zero attached hydrogens (tertiary/aromatic N) is 1. The predicted molar refractivity (Wildman–Crippen MR) is 44.1 cm³/mol. The molecule has 12 heavy (non-hydrogen) atoms. The Kier molecular flexibility index (Phi) is 6.02. The lowest BCUT2D eigenvalue weighted by Crippen LogP contribution is -2.32. The number of esters is 1. The Morgan fingerprint density at radius 1 is 1.75 bits per heavy atom. The summed E-state index contributed by atoms with van der Waals surface area (Å²) in [5.74, 6) is -0.379. The number of carbonyl (C=O) groups is 1. The van der Waals surface area contributed by atoms with E-state index in [1.165, 1.54) is 0 Å². The number of nitrogens with two attached hydrogens (primary N) is 1. The van der Waals surface area contributed by atoms with E-state index in [2.05, 4.69) is 4.74 Å². The molecule has 0 radical (unpaired) electrons. The summed E-state index contributed by atoms with van der Waals surface area (Å²) in [7, 11) is 0. The Hall–Kier alpha value is -1.08. The lowest BCUT2D eigenvalue weighted by molar-refractivity contribution is -0.144. The summed E-state index contributed by atoms with van der Waals surface area (Å²) < 4.78 is 4.69. The van der Waals surface area contributed by atoms with Gasteiger partial charge in [0.1, 0.15) is 6.04 Å². The Labute approximate surface area is 72.3 Å². The van der Waals surface area contributed by atoms with Crippen LogP contribution in [0.4, 0.5) is 0 Å². The van der Waals surface area contributed by atoms with E-state index in [4.69, 9.17) is 11.0 Å². The largest absolute Gasteiger partial charge is 0.465 e. The van der Waals surface area contributed by atoms with Crippen LogP contribution >= 0.6 is 0 Å². The highest BCUT2D eigenvalue weighted by molar-refractivity contribution is 5.75. The van der Waals surface area contributed by atoms with Crippen LogP contribution in [-0.4, -0.2) is 18.6 Å². The first-order valence-electron chi connectivity index (χ1n) is 4.01. The zero-order chi connectivity index (χ0) is 9.40. The van der Waals surface area contributed by atoms with E-state index in [-0.39, 0.29) is 5.97 Å². The average Bonchev–Trinajstić information content (AvgIpc) is 2.05. The molecule has 2 N–H and O–H groups in total. The highest BCUT2D eigenvalue weighted by Crippen LogP contribution is 1.99. The Morgan fingerprint density at radius 2 is 2.42 bits per heavy atom.